The maximum atomic E-state index is 11.9. The van der Waals surface area contributed by atoms with Crippen LogP contribution in [0.4, 0.5) is 31.1 Å². The van der Waals surface area contributed by atoms with Crippen LogP contribution in [0.2, 0.25) is 0 Å². The number of rotatable bonds is 2. The first kappa shape index (κ1) is 14.8. The summed E-state index contributed by atoms with van der Waals surface area (Å²) in [5.74, 6) is 0. The number of hydrogen-bond acceptors (Lipinski definition) is 3. The minimum Gasteiger partial charge on any atom is -0.432 e. The standard InChI is InChI=1S/C7H8F6O3/c1-3(2)15-5(14)16-4(6(8,9)10)7(11,12)13/h3-4H,1-2H3. The van der Waals surface area contributed by atoms with E-state index in [1.54, 1.807) is 0 Å². The maximum absolute atomic E-state index is 11.9. The van der Waals surface area contributed by atoms with Crippen molar-refractivity contribution in [2.75, 3.05) is 0 Å². The van der Waals surface area contributed by atoms with Gasteiger partial charge in [-0.15, -0.1) is 0 Å². The van der Waals surface area contributed by atoms with Crippen molar-refractivity contribution in [3.05, 3.63) is 0 Å². The van der Waals surface area contributed by atoms with E-state index in [-0.39, 0.29) is 0 Å². The summed E-state index contributed by atoms with van der Waals surface area (Å²) in [5.41, 5.74) is 0. The zero-order valence-electron chi connectivity index (χ0n) is 8.15. The molecule has 0 saturated carbocycles. The van der Waals surface area contributed by atoms with Crippen molar-refractivity contribution in [1.82, 2.24) is 0 Å². The van der Waals surface area contributed by atoms with Crippen molar-refractivity contribution < 1.29 is 40.6 Å². The Morgan fingerprint density at radius 2 is 1.31 bits per heavy atom. The Balaban J connectivity index is 4.65. The largest absolute Gasteiger partial charge is 0.509 e. The molecule has 0 aliphatic rings. The highest BCUT2D eigenvalue weighted by Crippen LogP contribution is 2.35. The van der Waals surface area contributed by atoms with Crippen molar-refractivity contribution in [1.29, 1.82) is 0 Å². The van der Waals surface area contributed by atoms with Gasteiger partial charge in [0.05, 0.1) is 6.10 Å². The normalized spacial score (nSPS) is 13.1. The highest BCUT2D eigenvalue weighted by atomic mass is 19.4. The Morgan fingerprint density at radius 1 is 0.938 bits per heavy atom. The van der Waals surface area contributed by atoms with E-state index in [0.717, 1.165) is 0 Å². The van der Waals surface area contributed by atoms with Crippen LogP contribution in [0.25, 0.3) is 0 Å². The van der Waals surface area contributed by atoms with E-state index in [4.69, 9.17) is 0 Å². The lowest BCUT2D eigenvalue weighted by Crippen LogP contribution is -2.45. The molecule has 0 rings (SSSR count). The molecule has 0 aromatic heterocycles. The summed E-state index contributed by atoms with van der Waals surface area (Å²) in [7, 11) is 0. The fourth-order valence-electron chi connectivity index (χ4n) is 0.636. The molecule has 0 radical (unpaired) electrons. The summed E-state index contributed by atoms with van der Waals surface area (Å²) in [5, 5.41) is 0. The summed E-state index contributed by atoms with van der Waals surface area (Å²) in [6, 6.07) is 0. The van der Waals surface area contributed by atoms with Crippen LogP contribution in [0.15, 0.2) is 0 Å². The first-order chi connectivity index (χ1) is 6.94. The van der Waals surface area contributed by atoms with E-state index in [9.17, 15) is 31.1 Å². The molecule has 0 heterocycles. The van der Waals surface area contributed by atoms with Crippen molar-refractivity contribution in [3.8, 4) is 0 Å². The summed E-state index contributed by atoms with van der Waals surface area (Å²) in [6.07, 6.45) is -18.5. The quantitative estimate of drug-likeness (QED) is 0.561. The van der Waals surface area contributed by atoms with Gasteiger partial charge in [0.1, 0.15) is 0 Å². The molecule has 96 valence electrons. The molecule has 0 N–H and O–H groups in total. The van der Waals surface area contributed by atoms with Gasteiger partial charge >= 0.3 is 18.5 Å². The number of carbonyl (C=O) groups excluding carboxylic acids is 1. The third-order valence-corrected chi connectivity index (χ3v) is 1.14. The lowest BCUT2D eigenvalue weighted by molar-refractivity contribution is -0.310. The fraction of sp³-hybridized carbons (Fsp3) is 0.857. The van der Waals surface area contributed by atoms with Gasteiger partial charge in [-0.2, -0.15) is 26.3 Å². The number of carbonyl (C=O) groups is 1. The lowest BCUT2D eigenvalue weighted by Gasteiger charge is -2.22. The highest BCUT2D eigenvalue weighted by molar-refractivity contribution is 5.60. The summed E-state index contributed by atoms with van der Waals surface area (Å²) < 4.78 is 78.4. The van der Waals surface area contributed by atoms with E-state index in [1.807, 2.05) is 0 Å². The number of halogens is 6. The average Bonchev–Trinajstić information content (AvgIpc) is 1.94. The van der Waals surface area contributed by atoms with E-state index in [2.05, 4.69) is 9.47 Å². The smallest absolute Gasteiger partial charge is 0.432 e. The topological polar surface area (TPSA) is 35.5 Å². The predicted molar refractivity (Wildman–Crippen MR) is 38.6 cm³/mol. The van der Waals surface area contributed by atoms with Crippen LogP contribution in [0.3, 0.4) is 0 Å². The van der Waals surface area contributed by atoms with Gasteiger partial charge in [-0.1, -0.05) is 0 Å². The molecule has 0 aliphatic carbocycles. The van der Waals surface area contributed by atoms with Gasteiger partial charge in [0.25, 0.3) is 6.10 Å². The molecule has 0 unspecified atom stereocenters. The van der Waals surface area contributed by atoms with Crippen LogP contribution in [0.1, 0.15) is 13.8 Å². The van der Waals surface area contributed by atoms with Gasteiger partial charge in [-0.05, 0) is 13.8 Å². The molecule has 0 bridgehead atoms. The first-order valence-corrected chi connectivity index (χ1v) is 3.95. The number of alkyl halides is 6. The predicted octanol–water partition coefficient (Wildman–Crippen LogP) is 3.04. The van der Waals surface area contributed by atoms with Gasteiger partial charge in [0, 0.05) is 0 Å². The minimum atomic E-state index is -5.73. The Bertz CT molecular complexity index is 229. The Hall–Kier alpha value is -1.15. The van der Waals surface area contributed by atoms with Crippen LogP contribution in [-0.4, -0.2) is 30.7 Å². The zero-order valence-corrected chi connectivity index (χ0v) is 8.15. The van der Waals surface area contributed by atoms with Gasteiger partial charge in [-0.3, -0.25) is 0 Å². The van der Waals surface area contributed by atoms with Gasteiger partial charge in [-0.25, -0.2) is 4.79 Å². The molecular weight excluding hydrogens is 246 g/mol. The molecule has 0 fully saturated rings. The third-order valence-electron chi connectivity index (χ3n) is 1.14. The van der Waals surface area contributed by atoms with Gasteiger partial charge in [0.2, 0.25) is 0 Å². The third kappa shape index (κ3) is 5.08. The number of hydrogen-bond donors (Lipinski definition) is 0. The van der Waals surface area contributed by atoms with Crippen LogP contribution in [0, 0.1) is 0 Å². The van der Waals surface area contributed by atoms with Crippen molar-refractivity contribution >= 4 is 6.16 Å². The highest BCUT2D eigenvalue weighted by Gasteiger charge is 2.60. The van der Waals surface area contributed by atoms with E-state index < -0.39 is 30.7 Å². The van der Waals surface area contributed by atoms with E-state index in [0.29, 0.717) is 0 Å². The summed E-state index contributed by atoms with van der Waals surface area (Å²) >= 11 is 0. The SMILES string of the molecule is CC(C)OC(=O)OC(C(F)(F)F)C(F)(F)F. The van der Waals surface area contributed by atoms with Gasteiger partial charge in [0.15, 0.2) is 0 Å². The second-order valence-corrected chi connectivity index (χ2v) is 3.00. The molecule has 0 spiro atoms. The van der Waals surface area contributed by atoms with Crippen molar-refractivity contribution in [2.24, 2.45) is 0 Å². The molecule has 0 amide bonds. The van der Waals surface area contributed by atoms with Gasteiger partial charge < -0.3 is 9.47 Å². The molecule has 0 aliphatic heterocycles. The van der Waals surface area contributed by atoms with Crippen molar-refractivity contribution in [3.63, 3.8) is 0 Å². The Labute approximate surface area is 86.3 Å². The van der Waals surface area contributed by atoms with E-state index >= 15 is 0 Å². The lowest BCUT2D eigenvalue weighted by atomic mass is 10.3. The second kappa shape index (κ2) is 4.79. The molecule has 16 heavy (non-hydrogen) atoms. The molecule has 0 atom stereocenters. The zero-order chi connectivity index (χ0) is 13.1. The molecular formula is C7H8F6O3. The molecule has 0 aromatic carbocycles. The van der Waals surface area contributed by atoms with Crippen LogP contribution in [-0.2, 0) is 9.47 Å². The molecule has 0 saturated heterocycles. The van der Waals surface area contributed by atoms with Crippen LogP contribution >= 0.6 is 0 Å². The number of ether oxygens (including phenoxy) is 2. The summed E-state index contributed by atoms with van der Waals surface area (Å²) in [6.45, 7) is 2.49. The fourth-order valence-corrected chi connectivity index (χ4v) is 0.636. The molecule has 3 nitrogen and oxygen atoms in total. The average molecular weight is 254 g/mol. The van der Waals surface area contributed by atoms with Crippen molar-refractivity contribution in [2.45, 2.75) is 38.4 Å². The minimum absolute atomic E-state index is 0.880. The molecule has 9 heteroatoms. The van der Waals surface area contributed by atoms with Crippen LogP contribution < -0.4 is 0 Å². The Kier molecular flexibility index (Phi) is 4.45. The summed E-state index contributed by atoms with van der Waals surface area (Å²) in [4.78, 5) is 10.5. The first-order valence-electron chi connectivity index (χ1n) is 3.95. The van der Waals surface area contributed by atoms with E-state index in [1.165, 1.54) is 13.8 Å². The monoisotopic (exact) mass is 254 g/mol. The second-order valence-electron chi connectivity index (χ2n) is 3.00. The maximum Gasteiger partial charge on any atom is 0.509 e. The molecule has 0 aromatic rings. The Morgan fingerprint density at radius 3 is 1.56 bits per heavy atom. The van der Waals surface area contributed by atoms with Crippen LogP contribution in [0.5, 0.6) is 0 Å².